The first-order valence-corrected chi connectivity index (χ1v) is 14.5. The Morgan fingerprint density at radius 2 is 0.556 bits per heavy atom. The Morgan fingerprint density at radius 3 is 0.800 bits per heavy atom. The van der Waals surface area contributed by atoms with Crippen LogP contribution in [0.25, 0.3) is 67.5 Å². The fourth-order valence-electron chi connectivity index (χ4n) is 5.33. The molecule has 0 saturated heterocycles. The summed E-state index contributed by atoms with van der Waals surface area (Å²) in [6, 6.07) is 45.3. The van der Waals surface area contributed by atoms with Gasteiger partial charge in [0.1, 0.15) is 17.2 Å². The van der Waals surface area contributed by atoms with Crippen molar-refractivity contribution in [1.82, 2.24) is 15.0 Å². The van der Waals surface area contributed by atoms with Crippen LogP contribution in [0.3, 0.4) is 0 Å². The van der Waals surface area contributed by atoms with Crippen molar-refractivity contribution in [3.05, 3.63) is 146 Å². The summed E-state index contributed by atoms with van der Waals surface area (Å²) < 4.78 is 0. The monoisotopic (exact) mass is 585 g/mol. The van der Waals surface area contributed by atoms with E-state index < -0.39 is 0 Å². The highest BCUT2D eigenvalue weighted by Crippen LogP contribution is 2.38. The van der Waals surface area contributed by atoms with Crippen LogP contribution in [-0.2, 0) is 0 Å². The van der Waals surface area contributed by atoms with Crippen LogP contribution in [0.5, 0.6) is 17.2 Å². The standard InChI is InChI=1S/C39H27N3O3/c43-34-22-28(25-10-4-1-5-11-25)16-19-31(34)37-40-38(32-20-17-29(23-35(32)44)26-12-6-2-7-13-26)42-39(41-37)33-21-18-30(24-36(33)45)27-14-8-3-9-15-27/h1-24,43-45H. The van der Waals surface area contributed by atoms with Crippen molar-refractivity contribution in [3.8, 4) is 84.8 Å². The lowest BCUT2D eigenvalue weighted by atomic mass is 10.0. The van der Waals surface area contributed by atoms with Crippen LogP contribution >= 0.6 is 0 Å². The lowest BCUT2D eigenvalue weighted by Crippen LogP contribution is -2.01. The van der Waals surface area contributed by atoms with Crippen LogP contribution in [0.2, 0.25) is 0 Å². The fourth-order valence-corrected chi connectivity index (χ4v) is 5.33. The van der Waals surface area contributed by atoms with Crippen molar-refractivity contribution in [3.63, 3.8) is 0 Å². The number of phenolic OH excluding ortho intramolecular Hbond substituents is 3. The molecule has 0 bridgehead atoms. The van der Waals surface area contributed by atoms with Gasteiger partial charge in [0.2, 0.25) is 0 Å². The zero-order chi connectivity index (χ0) is 30.8. The fraction of sp³-hybridized carbons (Fsp3) is 0. The molecule has 0 aliphatic heterocycles. The average Bonchev–Trinajstić information content (AvgIpc) is 3.09. The van der Waals surface area contributed by atoms with Crippen LogP contribution < -0.4 is 0 Å². The maximum absolute atomic E-state index is 11.2. The average molecular weight is 586 g/mol. The van der Waals surface area contributed by atoms with E-state index in [0.29, 0.717) is 16.7 Å². The molecule has 0 saturated carbocycles. The molecule has 0 unspecified atom stereocenters. The number of aromatic hydroxyl groups is 3. The van der Waals surface area contributed by atoms with Crippen LogP contribution in [0.1, 0.15) is 0 Å². The van der Waals surface area contributed by atoms with Crippen molar-refractivity contribution in [2.75, 3.05) is 0 Å². The molecule has 0 aliphatic carbocycles. The topological polar surface area (TPSA) is 99.4 Å². The highest BCUT2D eigenvalue weighted by Gasteiger charge is 2.19. The van der Waals surface area contributed by atoms with E-state index in [2.05, 4.69) is 0 Å². The summed E-state index contributed by atoms with van der Waals surface area (Å²) >= 11 is 0. The van der Waals surface area contributed by atoms with Gasteiger partial charge >= 0.3 is 0 Å². The molecule has 0 fully saturated rings. The highest BCUT2D eigenvalue weighted by atomic mass is 16.3. The molecule has 0 amide bonds. The normalized spacial score (nSPS) is 10.9. The molecule has 0 spiro atoms. The minimum Gasteiger partial charge on any atom is -0.507 e. The van der Waals surface area contributed by atoms with E-state index in [1.54, 1.807) is 36.4 Å². The molecule has 7 rings (SSSR count). The number of rotatable bonds is 6. The lowest BCUT2D eigenvalue weighted by Gasteiger charge is -2.13. The van der Waals surface area contributed by atoms with Gasteiger partial charge in [-0.15, -0.1) is 0 Å². The minimum absolute atomic E-state index is 0.00764. The highest BCUT2D eigenvalue weighted by molar-refractivity contribution is 5.79. The van der Waals surface area contributed by atoms with E-state index in [1.165, 1.54) is 0 Å². The third-order valence-corrected chi connectivity index (χ3v) is 7.67. The quantitative estimate of drug-likeness (QED) is 0.180. The molecule has 0 radical (unpaired) electrons. The summed E-state index contributed by atoms with van der Waals surface area (Å²) in [6.07, 6.45) is 0. The third-order valence-electron chi connectivity index (χ3n) is 7.67. The predicted octanol–water partition coefficient (Wildman–Crippen LogP) is 8.99. The number of aromatic nitrogens is 3. The Balaban J connectivity index is 1.36. The maximum atomic E-state index is 11.2. The number of benzene rings is 6. The van der Waals surface area contributed by atoms with Crippen LogP contribution in [0, 0.1) is 0 Å². The first-order valence-electron chi connectivity index (χ1n) is 14.5. The van der Waals surface area contributed by atoms with Gasteiger partial charge in [0.15, 0.2) is 17.5 Å². The molecular formula is C39H27N3O3. The van der Waals surface area contributed by atoms with Crippen molar-refractivity contribution in [2.45, 2.75) is 0 Å². The summed E-state index contributed by atoms with van der Waals surface area (Å²) in [5.41, 5.74) is 6.58. The zero-order valence-electron chi connectivity index (χ0n) is 24.0. The van der Waals surface area contributed by atoms with Gasteiger partial charge in [0.25, 0.3) is 0 Å². The second-order valence-corrected chi connectivity index (χ2v) is 10.6. The first-order chi connectivity index (χ1) is 22.0. The van der Waals surface area contributed by atoms with Gasteiger partial charge in [0.05, 0.1) is 16.7 Å². The third kappa shape index (κ3) is 5.60. The van der Waals surface area contributed by atoms with Crippen molar-refractivity contribution < 1.29 is 15.3 Å². The Kier molecular flexibility index (Phi) is 7.21. The molecule has 3 N–H and O–H groups in total. The second kappa shape index (κ2) is 11.8. The van der Waals surface area contributed by atoms with Crippen LogP contribution in [0.4, 0.5) is 0 Å². The van der Waals surface area contributed by atoms with Gasteiger partial charge < -0.3 is 15.3 Å². The van der Waals surface area contributed by atoms with Crippen LogP contribution in [0.15, 0.2) is 146 Å². The maximum Gasteiger partial charge on any atom is 0.167 e. The van der Waals surface area contributed by atoms with E-state index in [9.17, 15) is 15.3 Å². The molecule has 6 nitrogen and oxygen atoms in total. The second-order valence-electron chi connectivity index (χ2n) is 10.6. The predicted molar refractivity (Wildman–Crippen MR) is 177 cm³/mol. The SMILES string of the molecule is Oc1cc(-c2ccccc2)ccc1-c1nc(-c2ccc(-c3ccccc3)cc2O)nc(-c2ccc(-c3ccccc3)cc2O)n1. The molecule has 6 aromatic carbocycles. The van der Waals surface area contributed by atoms with E-state index in [4.69, 9.17) is 15.0 Å². The van der Waals surface area contributed by atoms with Crippen molar-refractivity contribution in [1.29, 1.82) is 0 Å². The number of hydrogen-bond donors (Lipinski definition) is 3. The Bertz CT molecular complexity index is 1880. The smallest absolute Gasteiger partial charge is 0.167 e. The summed E-state index contributed by atoms with van der Waals surface area (Å²) in [5.74, 6) is 0.575. The van der Waals surface area contributed by atoms with Gasteiger partial charge in [0, 0.05) is 0 Å². The molecule has 7 aromatic rings. The summed E-state index contributed by atoms with van der Waals surface area (Å²) in [7, 11) is 0. The molecule has 6 heteroatoms. The van der Waals surface area contributed by atoms with Gasteiger partial charge in [-0.25, -0.2) is 15.0 Å². The van der Waals surface area contributed by atoms with E-state index in [0.717, 1.165) is 33.4 Å². The molecule has 0 aliphatic rings. The molecular weight excluding hydrogens is 558 g/mol. The molecule has 1 aromatic heterocycles. The number of nitrogens with zero attached hydrogens (tertiary/aromatic N) is 3. The Morgan fingerprint density at radius 1 is 0.289 bits per heavy atom. The van der Waals surface area contributed by atoms with Crippen LogP contribution in [-0.4, -0.2) is 30.3 Å². The first kappa shape index (κ1) is 27.6. The summed E-state index contributed by atoms with van der Waals surface area (Å²) in [6.45, 7) is 0. The zero-order valence-corrected chi connectivity index (χ0v) is 24.0. The minimum atomic E-state index is -0.00764. The van der Waals surface area contributed by atoms with E-state index >= 15 is 0 Å². The Hall–Kier alpha value is -6.27. The van der Waals surface area contributed by atoms with Gasteiger partial charge in [-0.3, -0.25) is 0 Å². The molecule has 216 valence electrons. The largest absolute Gasteiger partial charge is 0.507 e. The summed E-state index contributed by atoms with van der Waals surface area (Å²) in [5, 5.41) is 33.5. The number of phenols is 3. The molecule has 1 heterocycles. The molecule has 0 atom stereocenters. The van der Waals surface area contributed by atoms with Crippen molar-refractivity contribution in [2.24, 2.45) is 0 Å². The molecule has 45 heavy (non-hydrogen) atoms. The van der Waals surface area contributed by atoms with Crippen molar-refractivity contribution >= 4 is 0 Å². The van der Waals surface area contributed by atoms with Gasteiger partial charge in [-0.05, 0) is 69.8 Å². The Labute approximate surface area is 260 Å². The summed E-state index contributed by atoms with van der Waals surface area (Å²) in [4.78, 5) is 14.1. The van der Waals surface area contributed by atoms with E-state index in [-0.39, 0.29) is 34.7 Å². The number of hydrogen-bond acceptors (Lipinski definition) is 6. The van der Waals surface area contributed by atoms with E-state index in [1.807, 2.05) is 109 Å². The van der Waals surface area contributed by atoms with Gasteiger partial charge in [-0.2, -0.15) is 0 Å². The lowest BCUT2D eigenvalue weighted by molar-refractivity contribution is 0.477. The van der Waals surface area contributed by atoms with Gasteiger partial charge in [-0.1, -0.05) is 109 Å².